The van der Waals surface area contributed by atoms with Crippen LogP contribution in [0.25, 0.3) is 0 Å². The predicted octanol–water partition coefficient (Wildman–Crippen LogP) is 2.70. The van der Waals surface area contributed by atoms with Crippen LogP contribution in [0.4, 0.5) is 11.5 Å². The van der Waals surface area contributed by atoms with Crippen LogP contribution < -0.4 is 10.6 Å². The lowest BCUT2D eigenvalue weighted by Gasteiger charge is -2.22. The van der Waals surface area contributed by atoms with Crippen LogP contribution in [0.5, 0.6) is 0 Å². The Morgan fingerprint density at radius 1 is 1.20 bits per heavy atom. The van der Waals surface area contributed by atoms with Gasteiger partial charge in [0.1, 0.15) is 0 Å². The molecule has 0 atom stereocenters. The van der Waals surface area contributed by atoms with Crippen LogP contribution in [-0.2, 0) is 0 Å². The molecular formula is C11H16ClN3. The van der Waals surface area contributed by atoms with Crippen LogP contribution in [0.2, 0.25) is 5.02 Å². The molecule has 1 aliphatic rings. The third-order valence-corrected chi connectivity index (χ3v) is 2.97. The number of aromatic nitrogens is 1. The smallest absolute Gasteiger partial charge is 0.151 e. The van der Waals surface area contributed by atoms with Crippen molar-refractivity contribution in [2.75, 3.05) is 23.7 Å². The third kappa shape index (κ3) is 2.53. The molecule has 0 spiro atoms. The summed E-state index contributed by atoms with van der Waals surface area (Å²) in [7, 11) is 0. The Bertz CT molecular complexity index is 333. The number of hydrogen-bond acceptors (Lipinski definition) is 3. The van der Waals surface area contributed by atoms with E-state index in [-0.39, 0.29) is 0 Å². The first-order valence-electron chi connectivity index (χ1n) is 5.43. The van der Waals surface area contributed by atoms with Crippen molar-refractivity contribution >= 4 is 23.1 Å². The molecule has 0 bridgehead atoms. The molecule has 82 valence electrons. The Hall–Kier alpha value is -0.960. The standard InChI is InChI=1S/C11H16ClN3/c12-9-7-10(13)11(14-8-9)15-5-3-1-2-4-6-15/h7-8H,1-6,13H2. The van der Waals surface area contributed by atoms with Crippen LogP contribution in [0, 0.1) is 0 Å². The van der Waals surface area contributed by atoms with E-state index < -0.39 is 0 Å². The predicted molar refractivity (Wildman–Crippen MR) is 64.3 cm³/mol. The number of anilines is 2. The minimum Gasteiger partial charge on any atom is -0.396 e. The minimum atomic E-state index is 0.603. The summed E-state index contributed by atoms with van der Waals surface area (Å²) in [5, 5.41) is 0.603. The number of halogens is 1. The topological polar surface area (TPSA) is 42.1 Å². The average molecular weight is 226 g/mol. The Balaban J connectivity index is 2.19. The van der Waals surface area contributed by atoms with Crippen LogP contribution in [-0.4, -0.2) is 18.1 Å². The summed E-state index contributed by atoms with van der Waals surface area (Å²) in [4.78, 5) is 6.57. The van der Waals surface area contributed by atoms with Gasteiger partial charge in [-0.1, -0.05) is 24.4 Å². The Labute approximate surface area is 95.2 Å². The molecule has 0 aliphatic carbocycles. The zero-order valence-corrected chi connectivity index (χ0v) is 9.50. The highest BCUT2D eigenvalue weighted by atomic mass is 35.5. The first-order chi connectivity index (χ1) is 7.27. The summed E-state index contributed by atoms with van der Waals surface area (Å²) in [5.74, 6) is 0.890. The molecule has 1 aliphatic heterocycles. The van der Waals surface area contributed by atoms with E-state index in [0.717, 1.165) is 18.9 Å². The molecular weight excluding hydrogens is 210 g/mol. The van der Waals surface area contributed by atoms with Gasteiger partial charge in [-0.2, -0.15) is 0 Å². The molecule has 3 nitrogen and oxygen atoms in total. The summed E-state index contributed by atoms with van der Waals surface area (Å²) < 4.78 is 0. The lowest BCUT2D eigenvalue weighted by Crippen LogP contribution is -2.25. The zero-order chi connectivity index (χ0) is 10.7. The molecule has 1 saturated heterocycles. The number of nitrogens with zero attached hydrogens (tertiary/aromatic N) is 2. The molecule has 0 aromatic carbocycles. The fourth-order valence-electron chi connectivity index (χ4n) is 1.99. The maximum atomic E-state index is 5.91. The highest BCUT2D eigenvalue weighted by molar-refractivity contribution is 6.30. The number of nitrogen functional groups attached to an aromatic ring is 1. The molecule has 2 heterocycles. The van der Waals surface area contributed by atoms with Crippen LogP contribution in [0.15, 0.2) is 12.3 Å². The molecule has 2 N–H and O–H groups in total. The lowest BCUT2D eigenvalue weighted by molar-refractivity contribution is 0.726. The Morgan fingerprint density at radius 2 is 1.87 bits per heavy atom. The Kier molecular flexibility index (Phi) is 3.31. The molecule has 4 heteroatoms. The summed E-state index contributed by atoms with van der Waals surface area (Å²) in [6.07, 6.45) is 6.74. The van der Waals surface area contributed by atoms with E-state index in [9.17, 15) is 0 Å². The second kappa shape index (κ2) is 4.71. The lowest BCUT2D eigenvalue weighted by atomic mass is 10.2. The van der Waals surface area contributed by atoms with Crippen LogP contribution in [0.3, 0.4) is 0 Å². The molecule has 0 saturated carbocycles. The second-order valence-electron chi connectivity index (χ2n) is 3.97. The third-order valence-electron chi connectivity index (χ3n) is 2.77. The van der Waals surface area contributed by atoms with Crippen LogP contribution >= 0.6 is 11.6 Å². The van der Waals surface area contributed by atoms with Crippen molar-refractivity contribution < 1.29 is 0 Å². The van der Waals surface area contributed by atoms with Crippen molar-refractivity contribution in [3.05, 3.63) is 17.3 Å². The SMILES string of the molecule is Nc1cc(Cl)cnc1N1CCCCCC1. The van der Waals surface area contributed by atoms with E-state index in [2.05, 4.69) is 9.88 Å². The van der Waals surface area contributed by atoms with Gasteiger partial charge in [-0.05, 0) is 18.9 Å². The first-order valence-corrected chi connectivity index (χ1v) is 5.81. The van der Waals surface area contributed by atoms with E-state index in [1.54, 1.807) is 12.3 Å². The maximum absolute atomic E-state index is 5.91. The average Bonchev–Trinajstić information content (AvgIpc) is 2.46. The van der Waals surface area contributed by atoms with Crippen molar-refractivity contribution in [2.45, 2.75) is 25.7 Å². The molecule has 1 fully saturated rings. The highest BCUT2D eigenvalue weighted by Crippen LogP contribution is 2.25. The van der Waals surface area contributed by atoms with Crippen molar-refractivity contribution in [1.82, 2.24) is 4.98 Å². The largest absolute Gasteiger partial charge is 0.396 e. The monoisotopic (exact) mass is 225 g/mol. The van der Waals surface area contributed by atoms with Gasteiger partial charge in [0, 0.05) is 19.3 Å². The van der Waals surface area contributed by atoms with E-state index in [1.165, 1.54) is 25.7 Å². The van der Waals surface area contributed by atoms with Gasteiger partial charge in [-0.15, -0.1) is 0 Å². The van der Waals surface area contributed by atoms with Gasteiger partial charge in [0.05, 0.1) is 10.7 Å². The quantitative estimate of drug-likeness (QED) is 0.799. The summed E-state index contributed by atoms with van der Waals surface area (Å²) >= 11 is 5.83. The van der Waals surface area contributed by atoms with E-state index >= 15 is 0 Å². The van der Waals surface area contributed by atoms with Gasteiger partial charge in [0.2, 0.25) is 0 Å². The van der Waals surface area contributed by atoms with Gasteiger partial charge in [-0.25, -0.2) is 4.98 Å². The molecule has 0 radical (unpaired) electrons. The van der Waals surface area contributed by atoms with E-state index in [1.807, 2.05) is 0 Å². The van der Waals surface area contributed by atoms with Gasteiger partial charge in [0.25, 0.3) is 0 Å². The van der Waals surface area contributed by atoms with E-state index in [4.69, 9.17) is 17.3 Å². The van der Waals surface area contributed by atoms with Crippen LogP contribution in [0.1, 0.15) is 25.7 Å². The zero-order valence-electron chi connectivity index (χ0n) is 8.75. The van der Waals surface area contributed by atoms with Crippen molar-refractivity contribution in [3.63, 3.8) is 0 Å². The number of pyridine rings is 1. The van der Waals surface area contributed by atoms with Crippen molar-refractivity contribution in [3.8, 4) is 0 Å². The number of nitrogens with two attached hydrogens (primary N) is 1. The van der Waals surface area contributed by atoms with Gasteiger partial charge < -0.3 is 10.6 Å². The van der Waals surface area contributed by atoms with Crippen molar-refractivity contribution in [1.29, 1.82) is 0 Å². The molecule has 0 unspecified atom stereocenters. The molecule has 1 aromatic rings. The molecule has 2 rings (SSSR count). The fourth-order valence-corrected chi connectivity index (χ4v) is 2.16. The summed E-state index contributed by atoms with van der Waals surface area (Å²) in [6.45, 7) is 2.11. The summed E-state index contributed by atoms with van der Waals surface area (Å²) in [5.41, 5.74) is 6.60. The van der Waals surface area contributed by atoms with E-state index in [0.29, 0.717) is 10.7 Å². The maximum Gasteiger partial charge on any atom is 0.151 e. The minimum absolute atomic E-state index is 0.603. The Morgan fingerprint density at radius 3 is 2.47 bits per heavy atom. The second-order valence-corrected chi connectivity index (χ2v) is 4.40. The molecule has 15 heavy (non-hydrogen) atoms. The van der Waals surface area contributed by atoms with Crippen molar-refractivity contribution in [2.24, 2.45) is 0 Å². The summed E-state index contributed by atoms with van der Waals surface area (Å²) in [6, 6.07) is 1.77. The van der Waals surface area contributed by atoms with Gasteiger partial charge in [-0.3, -0.25) is 0 Å². The normalized spacial score (nSPS) is 17.5. The first kappa shape index (κ1) is 10.6. The fraction of sp³-hybridized carbons (Fsp3) is 0.545. The van der Waals surface area contributed by atoms with Gasteiger partial charge in [0.15, 0.2) is 5.82 Å². The highest BCUT2D eigenvalue weighted by Gasteiger charge is 2.13. The molecule has 1 aromatic heterocycles. The molecule has 0 amide bonds. The van der Waals surface area contributed by atoms with Gasteiger partial charge >= 0.3 is 0 Å². The number of rotatable bonds is 1. The number of hydrogen-bond donors (Lipinski definition) is 1.